The number of nitrogens with zero attached hydrogens (tertiary/aromatic N) is 2. The van der Waals surface area contributed by atoms with E-state index in [0.717, 1.165) is 5.56 Å². The molecule has 1 aliphatic rings. The van der Waals surface area contributed by atoms with Crippen molar-refractivity contribution in [3.05, 3.63) is 66.0 Å². The molecule has 1 saturated heterocycles. The topological polar surface area (TPSA) is 71.9 Å². The van der Waals surface area contributed by atoms with Crippen molar-refractivity contribution in [2.45, 2.75) is 18.9 Å². The number of aliphatic hydroxyl groups excluding tert-OH is 1. The summed E-state index contributed by atoms with van der Waals surface area (Å²) in [6, 6.07) is 14.4. The lowest BCUT2D eigenvalue weighted by molar-refractivity contribution is 0.0122. The average molecular weight is 314 g/mol. The second kappa shape index (κ2) is 7.21. The number of ether oxygens (including phenoxy) is 2. The first-order valence-electron chi connectivity index (χ1n) is 7.42. The highest BCUT2D eigenvalue weighted by atomic mass is 16.6. The van der Waals surface area contributed by atoms with E-state index in [0.29, 0.717) is 5.69 Å². The first-order valence-corrected chi connectivity index (χ1v) is 7.42. The number of hydrogen-bond acceptors (Lipinski definition) is 5. The van der Waals surface area contributed by atoms with Gasteiger partial charge in [0.25, 0.3) is 0 Å². The Labute approximate surface area is 134 Å². The molecule has 120 valence electrons. The third-order valence-corrected chi connectivity index (χ3v) is 3.66. The van der Waals surface area contributed by atoms with Crippen LogP contribution in [0.3, 0.4) is 0 Å². The van der Waals surface area contributed by atoms with Crippen LogP contribution in [0.25, 0.3) is 0 Å². The van der Waals surface area contributed by atoms with Gasteiger partial charge in [0.1, 0.15) is 6.61 Å². The predicted octanol–water partition coefficient (Wildman–Crippen LogP) is 2.11. The van der Waals surface area contributed by atoms with Crippen LogP contribution >= 0.6 is 0 Å². The second-order valence-corrected chi connectivity index (χ2v) is 5.22. The quantitative estimate of drug-likeness (QED) is 0.936. The molecule has 0 radical (unpaired) electrons. The predicted molar refractivity (Wildman–Crippen MR) is 82.3 cm³/mol. The summed E-state index contributed by atoms with van der Waals surface area (Å²) >= 11 is 0. The Morgan fingerprint density at radius 3 is 2.74 bits per heavy atom. The number of aliphatic hydroxyl groups is 1. The third kappa shape index (κ3) is 3.49. The maximum atomic E-state index is 12.5. The highest BCUT2D eigenvalue weighted by Gasteiger charge is 2.40. The van der Waals surface area contributed by atoms with Crippen LogP contribution < -0.4 is 0 Å². The molecule has 2 heterocycles. The summed E-state index contributed by atoms with van der Waals surface area (Å²) in [7, 11) is 0. The van der Waals surface area contributed by atoms with Crippen LogP contribution in [-0.4, -0.2) is 40.3 Å². The van der Waals surface area contributed by atoms with Crippen molar-refractivity contribution in [1.82, 2.24) is 9.88 Å². The summed E-state index contributed by atoms with van der Waals surface area (Å²) in [5.41, 5.74) is 1.51. The van der Waals surface area contributed by atoms with Crippen LogP contribution in [0.1, 0.15) is 17.5 Å². The molecule has 0 saturated carbocycles. The normalized spacial score (nSPS) is 20.5. The number of carbonyl (C=O) groups excluding carboxylic acids is 1. The van der Waals surface area contributed by atoms with Crippen LogP contribution in [0.2, 0.25) is 0 Å². The largest absolute Gasteiger partial charge is 0.444 e. The number of amides is 1. The summed E-state index contributed by atoms with van der Waals surface area (Å²) in [4.78, 5) is 18.1. The van der Waals surface area contributed by atoms with E-state index in [1.165, 1.54) is 4.90 Å². The van der Waals surface area contributed by atoms with E-state index in [1.54, 1.807) is 18.3 Å². The van der Waals surface area contributed by atoms with E-state index in [2.05, 4.69) is 4.98 Å². The Morgan fingerprint density at radius 2 is 2.04 bits per heavy atom. The van der Waals surface area contributed by atoms with Gasteiger partial charge < -0.3 is 14.6 Å². The van der Waals surface area contributed by atoms with Gasteiger partial charge in [-0.25, -0.2) is 4.79 Å². The number of rotatable bonds is 4. The molecule has 0 aliphatic carbocycles. The van der Waals surface area contributed by atoms with Crippen molar-refractivity contribution < 1.29 is 19.4 Å². The summed E-state index contributed by atoms with van der Waals surface area (Å²) in [6.07, 6.45) is 0.469. The minimum absolute atomic E-state index is 0.170. The molecule has 1 N–H and O–H groups in total. The molecule has 2 atom stereocenters. The Hall–Kier alpha value is -2.44. The molecule has 1 aromatic carbocycles. The van der Waals surface area contributed by atoms with Crippen molar-refractivity contribution in [2.75, 3.05) is 13.2 Å². The molecular formula is C17H18N2O4. The Morgan fingerprint density at radius 1 is 1.26 bits per heavy atom. The second-order valence-electron chi connectivity index (χ2n) is 5.22. The van der Waals surface area contributed by atoms with Gasteiger partial charge in [-0.15, -0.1) is 0 Å². The fourth-order valence-corrected chi connectivity index (χ4v) is 2.48. The molecule has 6 heteroatoms. The lowest BCUT2D eigenvalue weighted by Crippen LogP contribution is -2.40. The van der Waals surface area contributed by atoms with Crippen molar-refractivity contribution in [2.24, 2.45) is 0 Å². The maximum Gasteiger partial charge on any atom is 0.412 e. The van der Waals surface area contributed by atoms with Gasteiger partial charge in [0, 0.05) is 6.20 Å². The van der Waals surface area contributed by atoms with Gasteiger partial charge in [0.05, 0.1) is 24.9 Å². The van der Waals surface area contributed by atoms with E-state index in [4.69, 9.17) is 9.47 Å². The number of benzene rings is 1. The van der Waals surface area contributed by atoms with Gasteiger partial charge in [-0.05, 0) is 17.7 Å². The molecule has 23 heavy (non-hydrogen) atoms. The summed E-state index contributed by atoms with van der Waals surface area (Å²) in [5.74, 6) is 0. The van der Waals surface area contributed by atoms with Crippen LogP contribution in [0.4, 0.5) is 4.79 Å². The van der Waals surface area contributed by atoms with E-state index in [-0.39, 0.29) is 19.8 Å². The van der Waals surface area contributed by atoms with Crippen molar-refractivity contribution >= 4 is 6.09 Å². The highest BCUT2D eigenvalue weighted by Crippen LogP contribution is 2.30. The van der Waals surface area contributed by atoms with Crippen molar-refractivity contribution in [1.29, 1.82) is 0 Å². The van der Waals surface area contributed by atoms with Gasteiger partial charge in [-0.3, -0.25) is 9.88 Å². The van der Waals surface area contributed by atoms with Gasteiger partial charge in [-0.2, -0.15) is 0 Å². The minimum Gasteiger partial charge on any atom is -0.444 e. The number of aromatic nitrogens is 1. The molecule has 1 aromatic heterocycles. The van der Waals surface area contributed by atoms with Crippen molar-refractivity contribution in [3.8, 4) is 0 Å². The van der Waals surface area contributed by atoms with Crippen LogP contribution in [0, 0.1) is 0 Å². The van der Waals surface area contributed by atoms with Crippen molar-refractivity contribution in [3.63, 3.8) is 0 Å². The lowest BCUT2D eigenvalue weighted by atomic mass is 10.2. The molecule has 0 bridgehead atoms. The molecule has 6 nitrogen and oxygen atoms in total. The van der Waals surface area contributed by atoms with Crippen LogP contribution in [-0.2, 0) is 16.1 Å². The van der Waals surface area contributed by atoms with Gasteiger partial charge >= 0.3 is 6.09 Å². The smallest absolute Gasteiger partial charge is 0.412 e. The number of carbonyl (C=O) groups is 1. The van der Waals surface area contributed by atoms with E-state index >= 15 is 0 Å². The molecule has 1 amide bonds. The zero-order valence-electron chi connectivity index (χ0n) is 12.5. The molecule has 2 unspecified atom stereocenters. The van der Waals surface area contributed by atoms with Gasteiger partial charge in [-0.1, -0.05) is 36.4 Å². The third-order valence-electron chi connectivity index (χ3n) is 3.66. The zero-order chi connectivity index (χ0) is 16.1. The number of hydrogen-bond donors (Lipinski definition) is 1. The average Bonchev–Trinajstić information content (AvgIpc) is 3.05. The van der Waals surface area contributed by atoms with Crippen LogP contribution in [0.5, 0.6) is 0 Å². The fraction of sp³-hybridized carbons (Fsp3) is 0.294. The molecular weight excluding hydrogens is 296 g/mol. The monoisotopic (exact) mass is 314 g/mol. The molecule has 3 rings (SSSR count). The van der Waals surface area contributed by atoms with E-state index in [9.17, 15) is 9.90 Å². The Kier molecular flexibility index (Phi) is 4.85. The molecule has 0 spiro atoms. The maximum absolute atomic E-state index is 12.5. The zero-order valence-corrected chi connectivity index (χ0v) is 12.5. The first-order chi connectivity index (χ1) is 11.3. The SMILES string of the molecule is O=C(OCc1ccccc1)N1C(CO)COC1c1ccccn1. The first kappa shape index (κ1) is 15.5. The fourth-order valence-electron chi connectivity index (χ4n) is 2.48. The summed E-state index contributed by atoms with van der Waals surface area (Å²) < 4.78 is 11.0. The van der Waals surface area contributed by atoms with E-state index in [1.807, 2.05) is 36.4 Å². The summed E-state index contributed by atoms with van der Waals surface area (Å²) in [5, 5.41) is 9.49. The van der Waals surface area contributed by atoms with Gasteiger partial charge in [0.15, 0.2) is 6.23 Å². The highest BCUT2D eigenvalue weighted by molar-refractivity contribution is 5.69. The summed E-state index contributed by atoms with van der Waals surface area (Å²) in [6.45, 7) is 0.227. The molecule has 1 aliphatic heterocycles. The number of pyridine rings is 1. The minimum atomic E-state index is -0.642. The van der Waals surface area contributed by atoms with Gasteiger partial charge in [0.2, 0.25) is 0 Å². The Bertz CT molecular complexity index is 636. The Balaban J connectivity index is 1.72. The van der Waals surface area contributed by atoms with Crippen LogP contribution in [0.15, 0.2) is 54.7 Å². The lowest BCUT2D eigenvalue weighted by Gasteiger charge is -2.26. The standard InChI is InChI=1S/C17H18N2O4/c20-10-14-12-22-16(15-8-4-5-9-18-15)19(14)17(21)23-11-13-6-2-1-3-7-13/h1-9,14,16,20H,10-12H2. The van der Waals surface area contributed by atoms with E-state index < -0.39 is 18.4 Å². The molecule has 1 fully saturated rings. The molecule has 2 aromatic rings.